The molecule has 4 heteroatoms. The number of rotatable bonds is 2. The Labute approximate surface area is 130 Å². The maximum absolute atomic E-state index is 12.8. The Hall–Kier alpha value is -1.84. The molecule has 1 heterocycles. The van der Waals surface area contributed by atoms with Gasteiger partial charge in [0.25, 0.3) is 5.91 Å². The number of benzene rings is 1. The van der Waals surface area contributed by atoms with Crippen LogP contribution in [0.25, 0.3) is 0 Å². The third kappa shape index (κ3) is 1.89. The SMILES string of the molecule is O=C(c1ccc2c(c1)CCC2)N1C[C@@H]2CCC[C@@]2(C(=O)O)C1. The zero-order valence-corrected chi connectivity index (χ0v) is 12.7. The number of likely N-dealkylation sites (tertiary alicyclic amines) is 1. The van der Waals surface area contributed by atoms with E-state index in [1.807, 2.05) is 12.1 Å². The minimum absolute atomic E-state index is 0.00438. The lowest BCUT2D eigenvalue weighted by atomic mass is 9.81. The molecule has 2 fully saturated rings. The van der Waals surface area contributed by atoms with Crippen molar-refractivity contribution in [2.75, 3.05) is 13.1 Å². The summed E-state index contributed by atoms with van der Waals surface area (Å²) in [6, 6.07) is 6.00. The Kier molecular flexibility index (Phi) is 3.03. The molecule has 2 aliphatic carbocycles. The molecule has 22 heavy (non-hydrogen) atoms. The minimum atomic E-state index is -0.723. The normalized spacial score (nSPS) is 29.5. The molecule has 1 saturated carbocycles. The lowest BCUT2D eigenvalue weighted by Crippen LogP contribution is -2.37. The summed E-state index contributed by atoms with van der Waals surface area (Å²) >= 11 is 0. The quantitative estimate of drug-likeness (QED) is 0.913. The predicted molar refractivity (Wildman–Crippen MR) is 81.8 cm³/mol. The van der Waals surface area contributed by atoms with Gasteiger partial charge in [0.2, 0.25) is 0 Å². The number of amides is 1. The first-order chi connectivity index (χ1) is 10.6. The van der Waals surface area contributed by atoms with E-state index in [9.17, 15) is 14.7 Å². The van der Waals surface area contributed by atoms with E-state index >= 15 is 0 Å². The first-order valence-corrected chi connectivity index (χ1v) is 8.25. The topological polar surface area (TPSA) is 57.6 Å². The molecule has 2 atom stereocenters. The highest BCUT2D eigenvalue weighted by atomic mass is 16.4. The maximum atomic E-state index is 12.8. The second-order valence-corrected chi connectivity index (χ2v) is 7.07. The number of aryl methyl sites for hydroxylation is 2. The molecule has 0 unspecified atom stereocenters. The molecule has 3 aliphatic rings. The predicted octanol–water partition coefficient (Wildman–Crippen LogP) is 2.50. The standard InChI is InChI=1S/C18H21NO3/c20-16(14-7-6-12-3-1-4-13(12)9-14)19-10-15-5-2-8-18(15,11-19)17(21)22/h6-7,9,15H,1-5,8,10-11H2,(H,21,22)/t15-,18+/m0/s1. The number of carbonyl (C=O) groups excluding carboxylic acids is 1. The van der Waals surface area contributed by atoms with Crippen LogP contribution >= 0.6 is 0 Å². The smallest absolute Gasteiger partial charge is 0.311 e. The lowest BCUT2D eigenvalue weighted by Gasteiger charge is -2.23. The van der Waals surface area contributed by atoms with Gasteiger partial charge in [0, 0.05) is 18.7 Å². The number of carbonyl (C=O) groups is 2. The zero-order valence-electron chi connectivity index (χ0n) is 12.7. The summed E-state index contributed by atoms with van der Waals surface area (Å²) in [7, 11) is 0. The highest BCUT2D eigenvalue weighted by Gasteiger charge is 2.55. The monoisotopic (exact) mass is 299 g/mol. The van der Waals surface area contributed by atoms with Crippen LogP contribution in [0.2, 0.25) is 0 Å². The molecule has 0 aromatic heterocycles. The molecule has 1 amide bonds. The molecule has 1 N–H and O–H groups in total. The van der Waals surface area contributed by atoms with Crippen LogP contribution in [0.3, 0.4) is 0 Å². The number of hydrogen-bond donors (Lipinski definition) is 1. The Balaban J connectivity index is 1.58. The van der Waals surface area contributed by atoms with Crippen molar-refractivity contribution in [2.45, 2.75) is 38.5 Å². The molecule has 1 aromatic rings. The van der Waals surface area contributed by atoms with Crippen molar-refractivity contribution in [2.24, 2.45) is 11.3 Å². The lowest BCUT2D eigenvalue weighted by molar-refractivity contribution is -0.149. The number of hydrogen-bond acceptors (Lipinski definition) is 2. The van der Waals surface area contributed by atoms with Crippen molar-refractivity contribution in [1.29, 1.82) is 0 Å². The summed E-state index contributed by atoms with van der Waals surface area (Å²) in [6.07, 6.45) is 5.94. The van der Waals surface area contributed by atoms with E-state index in [4.69, 9.17) is 0 Å². The third-order valence-electron chi connectivity index (χ3n) is 5.93. The Morgan fingerprint density at radius 2 is 2.00 bits per heavy atom. The number of nitrogens with zero attached hydrogens (tertiary/aromatic N) is 1. The van der Waals surface area contributed by atoms with E-state index < -0.39 is 11.4 Å². The van der Waals surface area contributed by atoms with Crippen molar-refractivity contribution in [3.63, 3.8) is 0 Å². The molecule has 0 bridgehead atoms. The molecule has 0 radical (unpaired) electrons. The molecule has 1 aromatic carbocycles. The van der Waals surface area contributed by atoms with E-state index in [0.29, 0.717) is 19.5 Å². The van der Waals surface area contributed by atoms with Crippen LogP contribution in [0.4, 0.5) is 0 Å². The molecule has 4 nitrogen and oxygen atoms in total. The van der Waals surface area contributed by atoms with Gasteiger partial charge >= 0.3 is 5.97 Å². The van der Waals surface area contributed by atoms with E-state index in [1.165, 1.54) is 17.5 Å². The molecule has 1 saturated heterocycles. The average Bonchev–Trinajstić information content (AvgIpc) is 3.18. The molecular weight excluding hydrogens is 278 g/mol. The largest absolute Gasteiger partial charge is 0.481 e. The molecule has 4 rings (SSSR count). The van der Waals surface area contributed by atoms with Crippen molar-refractivity contribution < 1.29 is 14.7 Å². The van der Waals surface area contributed by atoms with Crippen molar-refractivity contribution in [1.82, 2.24) is 4.90 Å². The van der Waals surface area contributed by atoms with Crippen LogP contribution in [0.1, 0.15) is 47.2 Å². The first-order valence-electron chi connectivity index (χ1n) is 8.25. The molecule has 116 valence electrons. The Morgan fingerprint density at radius 1 is 1.18 bits per heavy atom. The average molecular weight is 299 g/mol. The number of carboxylic acid groups (broad SMARTS) is 1. The van der Waals surface area contributed by atoms with Crippen LogP contribution in [-0.4, -0.2) is 35.0 Å². The van der Waals surface area contributed by atoms with Gasteiger partial charge in [0.1, 0.15) is 0 Å². The van der Waals surface area contributed by atoms with Gasteiger partial charge in [-0.25, -0.2) is 0 Å². The van der Waals surface area contributed by atoms with Crippen molar-refractivity contribution in [3.05, 3.63) is 34.9 Å². The maximum Gasteiger partial charge on any atom is 0.311 e. The second-order valence-electron chi connectivity index (χ2n) is 7.07. The van der Waals surface area contributed by atoms with Gasteiger partial charge in [-0.3, -0.25) is 9.59 Å². The second kappa shape index (κ2) is 4.83. The van der Waals surface area contributed by atoms with Gasteiger partial charge in [-0.15, -0.1) is 0 Å². The van der Waals surface area contributed by atoms with Crippen LogP contribution < -0.4 is 0 Å². The summed E-state index contributed by atoms with van der Waals surface area (Å²) in [5.74, 6) is -0.590. The van der Waals surface area contributed by atoms with E-state index in [0.717, 1.165) is 31.2 Å². The Bertz CT molecular complexity index is 654. The van der Waals surface area contributed by atoms with E-state index in [1.54, 1.807) is 4.90 Å². The third-order valence-corrected chi connectivity index (χ3v) is 5.93. The molecule has 1 aliphatic heterocycles. The van der Waals surface area contributed by atoms with Gasteiger partial charge in [0.15, 0.2) is 0 Å². The number of aliphatic carboxylic acids is 1. The van der Waals surface area contributed by atoms with Gasteiger partial charge in [0.05, 0.1) is 5.41 Å². The Morgan fingerprint density at radius 3 is 2.77 bits per heavy atom. The zero-order chi connectivity index (χ0) is 15.3. The fraction of sp³-hybridized carbons (Fsp3) is 0.556. The first kappa shape index (κ1) is 13.8. The molecule has 0 spiro atoms. The summed E-state index contributed by atoms with van der Waals surface area (Å²) in [5.41, 5.74) is 2.68. The van der Waals surface area contributed by atoms with Gasteiger partial charge in [-0.05, 0) is 61.3 Å². The highest BCUT2D eigenvalue weighted by molar-refractivity contribution is 5.95. The summed E-state index contributed by atoms with van der Waals surface area (Å²) in [6.45, 7) is 0.977. The number of carboxylic acids is 1. The fourth-order valence-electron chi connectivity index (χ4n) is 4.68. The summed E-state index contributed by atoms with van der Waals surface area (Å²) in [5, 5.41) is 9.63. The van der Waals surface area contributed by atoms with Crippen LogP contribution in [0.5, 0.6) is 0 Å². The minimum Gasteiger partial charge on any atom is -0.481 e. The fourth-order valence-corrected chi connectivity index (χ4v) is 4.68. The van der Waals surface area contributed by atoms with Crippen LogP contribution in [0.15, 0.2) is 18.2 Å². The summed E-state index contributed by atoms with van der Waals surface area (Å²) < 4.78 is 0. The highest BCUT2D eigenvalue weighted by Crippen LogP contribution is 2.49. The molecular formula is C18H21NO3. The summed E-state index contributed by atoms with van der Waals surface area (Å²) in [4.78, 5) is 26.3. The number of fused-ring (bicyclic) bond motifs is 2. The van der Waals surface area contributed by atoms with Crippen molar-refractivity contribution >= 4 is 11.9 Å². The van der Waals surface area contributed by atoms with Gasteiger partial charge < -0.3 is 10.0 Å². The van der Waals surface area contributed by atoms with E-state index in [2.05, 4.69) is 6.07 Å². The van der Waals surface area contributed by atoms with Crippen LogP contribution in [-0.2, 0) is 17.6 Å². The van der Waals surface area contributed by atoms with E-state index in [-0.39, 0.29) is 11.8 Å². The van der Waals surface area contributed by atoms with Gasteiger partial charge in [-0.2, -0.15) is 0 Å². The van der Waals surface area contributed by atoms with Crippen molar-refractivity contribution in [3.8, 4) is 0 Å². The van der Waals surface area contributed by atoms with Gasteiger partial charge in [-0.1, -0.05) is 12.5 Å². The van der Waals surface area contributed by atoms with Crippen LogP contribution in [0, 0.1) is 11.3 Å².